The zero-order chi connectivity index (χ0) is 19.1. The van der Waals surface area contributed by atoms with Gasteiger partial charge in [-0.3, -0.25) is 10.5 Å². The quantitative estimate of drug-likeness (QED) is 0.711. The summed E-state index contributed by atoms with van der Waals surface area (Å²) in [5.74, 6) is 1.56. The number of benzene rings is 2. The van der Waals surface area contributed by atoms with Crippen LogP contribution in [0.5, 0.6) is 17.2 Å². The molecule has 0 radical (unpaired) electrons. The normalized spacial score (nSPS) is 14.8. The Morgan fingerprint density at radius 1 is 1.00 bits per heavy atom. The lowest BCUT2D eigenvalue weighted by Gasteiger charge is -2.28. The van der Waals surface area contributed by atoms with Gasteiger partial charge < -0.3 is 24.8 Å². The molecule has 1 aliphatic rings. The first-order valence-corrected chi connectivity index (χ1v) is 8.42. The van der Waals surface area contributed by atoms with E-state index in [4.69, 9.17) is 19.9 Å². The summed E-state index contributed by atoms with van der Waals surface area (Å²) in [7, 11) is 3.12. The van der Waals surface area contributed by atoms with Crippen LogP contribution >= 0.6 is 0 Å². The Hall–Kier alpha value is -2.93. The third kappa shape index (κ3) is 4.00. The highest BCUT2D eigenvalue weighted by Gasteiger charge is 2.25. The van der Waals surface area contributed by atoms with Gasteiger partial charge in [-0.2, -0.15) is 0 Å². The first kappa shape index (κ1) is 19.4. The van der Waals surface area contributed by atoms with E-state index in [0.717, 1.165) is 11.3 Å². The molecule has 0 aromatic heterocycles. The van der Waals surface area contributed by atoms with Crippen LogP contribution in [0.3, 0.4) is 0 Å². The van der Waals surface area contributed by atoms with Gasteiger partial charge in [-0.15, -0.1) is 0 Å². The number of hydrogen-bond acceptors (Lipinski definition) is 6. The van der Waals surface area contributed by atoms with Crippen molar-refractivity contribution in [2.75, 3.05) is 26.3 Å². The van der Waals surface area contributed by atoms with Crippen molar-refractivity contribution < 1.29 is 19.0 Å². The molecule has 7 heteroatoms. The minimum absolute atomic E-state index is 0.0589. The lowest BCUT2D eigenvalue weighted by Crippen LogP contribution is -2.38. The minimum Gasteiger partial charge on any atom is -0.497 e. The van der Waals surface area contributed by atoms with Crippen molar-refractivity contribution in [1.29, 1.82) is 0 Å². The SMILES string of the molecule is CC.COc1ccc2c(c1)C(=O)NC(c1ccc(OCN)c(OC)c1)N2. The maximum atomic E-state index is 12.4. The van der Waals surface area contributed by atoms with E-state index in [1.807, 2.05) is 26.0 Å². The Morgan fingerprint density at radius 2 is 1.77 bits per heavy atom. The highest BCUT2D eigenvalue weighted by atomic mass is 16.5. The van der Waals surface area contributed by atoms with E-state index >= 15 is 0 Å². The molecule has 0 bridgehead atoms. The largest absolute Gasteiger partial charge is 0.497 e. The summed E-state index contributed by atoms with van der Waals surface area (Å²) in [4.78, 5) is 12.4. The van der Waals surface area contributed by atoms with Crippen LogP contribution in [0.4, 0.5) is 5.69 Å². The van der Waals surface area contributed by atoms with Gasteiger partial charge in [-0.25, -0.2) is 0 Å². The number of rotatable bonds is 5. The highest BCUT2D eigenvalue weighted by Crippen LogP contribution is 2.33. The molecule has 1 amide bonds. The molecule has 1 atom stereocenters. The van der Waals surface area contributed by atoms with Crippen LogP contribution in [-0.4, -0.2) is 26.9 Å². The molecule has 4 N–H and O–H groups in total. The van der Waals surface area contributed by atoms with Crippen LogP contribution in [-0.2, 0) is 0 Å². The van der Waals surface area contributed by atoms with Crippen molar-refractivity contribution in [1.82, 2.24) is 5.32 Å². The van der Waals surface area contributed by atoms with Crippen LogP contribution < -0.4 is 30.6 Å². The van der Waals surface area contributed by atoms with Crippen molar-refractivity contribution in [3.63, 3.8) is 0 Å². The number of ether oxygens (including phenoxy) is 3. The van der Waals surface area contributed by atoms with Crippen LogP contribution in [0.2, 0.25) is 0 Å². The lowest BCUT2D eigenvalue weighted by molar-refractivity contribution is 0.0935. The molecule has 0 fully saturated rings. The second kappa shape index (κ2) is 8.96. The van der Waals surface area contributed by atoms with E-state index in [1.54, 1.807) is 38.5 Å². The Morgan fingerprint density at radius 3 is 2.42 bits per heavy atom. The monoisotopic (exact) mass is 359 g/mol. The molecule has 1 unspecified atom stereocenters. The number of nitrogens with one attached hydrogen (secondary N) is 2. The van der Waals surface area contributed by atoms with Gasteiger partial charge in [0, 0.05) is 5.69 Å². The third-order valence-electron chi connectivity index (χ3n) is 3.81. The zero-order valence-electron chi connectivity index (χ0n) is 15.5. The highest BCUT2D eigenvalue weighted by molar-refractivity contribution is 6.02. The summed E-state index contributed by atoms with van der Waals surface area (Å²) in [6.45, 7) is 4.06. The van der Waals surface area contributed by atoms with Crippen LogP contribution in [0.15, 0.2) is 36.4 Å². The summed E-state index contributed by atoms with van der Waals surface area (Å²) in [5, 5.41) is 6.21. The zero-order valence-corrected chi connectivity index (χ0v) is 15.5. The Balaban J connectivity index is 0.00000117. The Labute approximate surface area is 153 Å². The van der Waals surface area contributed by atoms with E-state index < -0.39 is 0 Å². The summed E-state index contributed by atoms with van der Waals surface area (Å²) >= 11 is 0. The molecular formula is C19H25N3O4. The topological polar surface area (TPSA) is 94.8 Å². The number of methoxy groups -OCH3 is 2. The lowest BCUT2D eigenvalue weighted by atomic mass is 10.0. The summed E-state index contributed by atoms with van der Waals surface area (Å²) < 4.78 is 15.8. The van der Waals surface area contributed by atoms with Crippen molar-refractivity contribution >= 4 is 11.6 Å². The smallest absolute Gasteiger partial charge is 0.255 e. The van der Waals surface area contributed by atoms with E-state index in [0.29, 0.717) is 22.8 Å². The molecule has 0 saturated carbocycles. The average Bonchev–Trinajstić information content (AvgIpc) is 2.69. The van der Waals surface area contributed by atoms with Crippen LogP contribution in [0.25, 0.3) is 0 Å². The Kier molecular flexibility index (Phi) is 6.68. The fourth-order valence-corrected chi connectivity index (χ4v) is 2.60. The fourth-order valence-electron chi connectivity index (χ4n) is 2.60. The van der Waals surface area contributed by atoms with Crippen LogP contribution in [0, 0.1) is 0 Å². The molecule has 140 valence electrons. The minimum atomic E-state index is -0.376. The van der Waals surface area contributed by atoms with Crippen molar-refractivity contribution in [2.45, 2.75) is 20.0 Å². The maximum absolute atomic E-state index is 12.4. The molecule has 0 saturated heterocycles. The summed E-state index contributed by atoms with van der Waals surface area (Å²) in [5.41, 5.74) is 7.53. The molecule has 2 aromatic rings. The molecule has 0 spiro atoms. The number of amides is 1. The molecule has 26 heavy (non-hydrogen) atoms. The van der Waals surface area contributed by atoms with E-state index in [1.165, 1.54) is 0 Å². The van der Waals surface area contributed by atoms with E-state index in [9.17, 15) is 4.79 Å². The van der Waals surface area contributed by atoms with Gasteiger partial charge in [-0.1, -0.05) is 19.9 Å². The van der Waals surface area contributed by atoms with E-state index in [-0.39, 0.29) is 18.8 Å². The van der Waals surface area contributed by atoms with Crippen molar-refractivity contribution in [3.05, 3.63) is 47.5 Å². The predicted octanol–water partition coefficient (Wildman–Crippen LogP) is 2.88. The molecule has 7 nitrogen and oxygen atoms in total. The van der Waals surface area contributed by atoms with Gasteiger partial charge in [0.15, 0.2) is 11.5 Å². The predicted molar refractivity (Wildman–Crippen MR) is 101 cm³/mol. The number of hydrogen-bond donors (Lipinski definition) is 3. The van der Waals surface area contributed by atoms with Gasteiger partial charge >= 0.3 is 0 Å². The average molecular weight is 359 g/mol. The molecule has 1 aliphatic heterocycles. The molecule has 0 aliphatic carbocycles. The van der Waals surface area contributed by atoms with Crippen LogP contribution in [0.1, 0.15) is 35.9 Å². The first-order chi connectivity index (χ1) is 12.7. The molecule has 1 heterocycles. The van der Waals surface area contributed by atoms with Gasteiger partial charge in [0.2, 0.25) is 0 Å². The van der Waals surface area contributed by atoms with Gasteiger partial charge in [0.05, 0.1) is 19.8 Å². The summed E-state index contributed by atoms with van der Waals surface area (Å²) in [6.07, 6.45) is -0.376. The number of anilines is 1. The summed E-state index contributed by atoms with van der Waals surface area (Å²) in [6, 6.07) is 10.7. The Bertz CT molecular complexity index is 764. The second-order valence-corrected chi connectivity index (χ2v) is 5.18. The third-order valence-corrected chi connectivity index (χ3v) is 3.81. The van der Waals surface area contributed by atoms with Gasteiger partial charge in [0.25, 0.3) is 5.91 Å². The van der Waals surface area contributed by atoms with Crippen molar-refractivity contribution in [2.24, 2.45) is 5.73 Å². The number of fused-ring (bicyclic) bond motifs is 1. The van der Waals surface area contributed by atoms with Gasteiger partial charge in [0.1, 0.15) is 18.6 Å². The molecular weight excluding hydrogens is 334 g/mol. The first-order valence-electron chi connectivity index (χ1n) is 8.42. The van der Waals surface area contributed by atoms with E-state index in [2.05, 4.69) is 10.6 Å². The molecule has 3 rings (SSSR count). The number of nitrogens with two attached hydrogens (primary N) is 1. The number of carbonyl (C=O) groups excluding carboxylic acids is 1. The second-order valence-electron chi connectivity index (χ2n) is 5.18. The molecule has 2 aromatic carbocycles. The number of carbonyl (C=O) groups is 1. The van der Waals surface area contributed by atoms with Gasteiger partial charge in [-0.05, 0) is 35.9 Å². The van der Waals surface area contributed by atoms with Crippen molar-refractivity contribution in [3.8, 4) is 17.2 Å². The fraction of sp³-hybridized carbons (Fsp3) is 0.316. The standard InChI is InChI=1S/C17H19N3O4.C2H6/c1-22-11-4-5-13-12(8-11)17(21)20-16(19-13)10-3-6-14(24-9-18)15(7-10)23-2;1-2/h3-8,16,19H,9,18H2,1-2H3,(H,20,21);1-2H3. The maximum Gasteiger partial charge on any atom is 0.255 e.